The molecule has 4 rings (SSSR count). The Bertz CT molecular complexity index is 845. The molecule has 2 aliphatic rings. The average Bonchev–Trinajstić information content (AvgIpc) is 3.10. The van der Waals surface area contributed by atoms with Crippen LogP contribution in [0.25, 0.3) is 10.6 Å². The molecule has 0 saturated carbocycles. The molecule has 2 atom stereocenters. The van der Waals surface area contributed by atoms with Crippen LogP contribution in [-0.4, -0.2) is 47.2 Å². The molecule has 2 aromatic heterocycles. The summed E-state index contributed by atoms with van der Waals surface area (Å²) >= 11 is 1.81. The molecule has 2 fully saturated rings. The lowest BCUT2D eigenvalue weighted by molar-refractivity contribution is 0.324. The number of piperazine rings is 1. The van der Waals surface area contributed by atoms with Crippen LogP contribution in [0.1, 0.15) is 33.6 Å². The number of hydrogen-bond donors (Lipinski definition) is 3. The first-order valence-electron chi connectivity index (χ1n) is 10.0. The van der Waals surface area contributed by atoms with Crippen LogP contribution in [0.15, 0.2) is 36.7 Å². The predicted molar refractivity (Wildman–Crippen MR) is 118 cm³/mol. The van der Waals surface area contributed by atoms with E-state index in [2.05, 4.69) is 65.3 Å². The van der Waals surface area contributed by atoms with Gasteiger partial charge in [-0.15, -0.1) is 11.3 Å². The van der Waals surface area contributed by atoms with E-state index in [-0.39, 0.29) is 5.54 Å². The zero-order valence-corrected chi connectivity index (χ0v) is 17.8. The summed E-state index contributed by atoms with van der Waals surface area (Å²) in [7, 11) is 0. The van der Waals surface area contributed by atoms with Gasteiger partial charge in [-0.3, -0.25) is 0 Å². The van der Waals surface area contributed by atoms with Gasteiger partial charge in [-0.25, -0.2) is 9.97 Å². The summed E-state index contributed by atoms with van der Waals surface area (Å²) in [5, 5.41) is 11.8. The normalized spacial score (nSPS) is 24.7. The highest BCUT2D eigenvalue weighted by Gasteiger charge is 2.29. The Hall–Kier alpha value is -2.12. The van der Waals surface area contributed by atoms with Crippen molar-refractivity contribution in [2.45, 2.75) is 51.2 Å². The van der Waals surface area contributed by atoms with Crippen molar-refractivity contribution in [1.29, 1.82) is 0 Å². The summed E-state index contributed by atoms with van der Waals surface area (Å²) in [5.74, 6) is 0.693. The predicted octanol–water partition coefficient (Wildman–Crippen LogP) is 3.46. The van der Waals surface area contributed by atoms with Gasteiger partial charge in [-0.1, -0.05) is 6.58 Å². The average molecular weight is 399 g/mol. The lowest BCUT2D eigenvalue weighted by atomic mass is 9.88. The second-order valence-corrected chi connectivity index (χ2v) is 9.63. The molecule has 6 nitrogen and oxygen atoms in total. The molecule has 2 unspecified atom stereocenters. The lowest BCUT2D eigenvalue weighted by Crippen LogP contribution is -2.49. The van der Waals surface area contributed by atoms with Gasteiger partial charge in [0.15, 0.2) is 0 Å². The molecule has 2 aromatic rings. The zero-order chi connectivity index (χ0) is 19.7. The number of nitrogens with one attached hydrogen (secondary N) is 3. The Labute approximate surface area is 171 Å². The Morgan fingerprint density at radius 2 is 2.18 bits per heavy atom. The van der Waals surface area contributed by atoms with E-state index < -0.39 is 0 Å². The molecule has 0 radical (unpaired) electrons. The maximum atomic E-state index is 4.79. The SMILES string of the molecule is C=C1CC(Nc2nccc(-c3ccc(N4CCNC(C)C4)s3)n2)CC(C)(C)N1. The summed E-state index contributed by atoms with van der Waals surface area (Å²) in [6.07, 6.45) is 3.74. The fourth-order valence-corrected chi connectivity index (χ4v) is 5.19. The van der Waals surface area contributed by atoms with Crippen LogP contribution in [0.2, 0.25) is 0 Å². The maximum Gasteiger partial charge on any atom is 0.223 e. The molecule has 7 heteroatoms. The first-order valence-corrected chi connectivity index (χ1v) is 10.8. The highest BCUT2D eigenvalue weighted by Crippen LogP contribution is 2.33. The highest BCUT2D eigenvalue weighted by atomic mass is 32.1. The molecule has 0 aliphatic carbocycles. The van der Waals surface area contributed by atoms with Gasteiger partial charge in [0.05, 0.1) is 15.6 Å². The molecule has 0 amide bonds. The summed E-state index contributed by atoms with van der Waals surface area (Å²) in [6, 6.07) is 7.20. The standard InChI is InChI=1S/C21H30N6S/c1-14-11-16(12-21(3,4)26-14)24-20-23-8-7-17(25-20)18-5-6-19(28-18)27-10-9-22-15(2)13-27/h5-8,15-16,22,26H,1,9-13H2,2-4H3,(H,23,24,25). The van der Waals surface area contributed by atoms with E-state index in [4.69, 9.17) is 4.98 Å². The molecule has 3 N–H and O–H groups in total. The highest BCUT2D eigenvalue weighted by molar-refractivity contribution is 7.19. The Morgan fingerprint density at radius 3 is 2.96 bits per heavy atom. The number of anilines is 2. The van der Waals surface area contributed by atoms with Crippen LogP contribution in [0, 0.1) is 0 Å². The second kappa shape index (κ2) is 7.72. The van der Waals surface area contributed by atoms with Gasteiger partial charge >= 0.3 is 0 Å². The van der Waals surface area contributed by atoms with Crippen LogP contribution >= 0.6 is 11.3 Å². The molecule has 0 aromatic carbocycles. The van der Waals surface area contributed by atoms with Crippen LogP contribution in [0.5, 0.6) is 0 Å². The van der Waals surface area contributed by atoms with E-state index in [1.807, 2.05) is 12.3 Å². The third-order valence-corrected chi connectivity index (χ3v) is 6.45. The van der Waals surface area contributed by atoms with Crippen LogP contribution in [0.4, 0.5) is 10.9 Å². The minimum Gasteiger partial charge on any atom is -0.384 e. The number of rotatable bonds is 4. The number of nitrogens with zero attached hydrogens (tertiary/aromatic N) is 3. The molecule has 150 valence electrons. The first-order chi connectivity index (χ1) is 13.4. The van der Waals surface area contributed by atoms with Crippen molar-refractivity contribution in [2.75, 3.05) is 29.9 Å². The van der Waals surface area contributed by atoms with Crippen LogP contribution < -0.4 is 20.9 Å². The lowest BCUT2D eigenvalue weighted by Gasteiger charge is -2.38. The van der Waals surface area contributed by atoms with E-state index >= 15 is 0 Å². The number of hydrogen-bond acceptors (Lipinski definition) is 7. The van der Waals surface area contributed by atoms with Crippen molar-refractivity contribution in [3.63, 3.8) is 0 Å². The molecular weight excluding hydrogens is 368 g/mol. The Morgan fingerprint density at radius 1 is 1.32 bits per heavy atom. The van der Waals surface area contributed by atoms with Gasteiger partial charge in [-0.2, -0.15) is 0 Å². The van der Waals surface area contributed by atoms with Crippen molar-refractivity contribution in [1.82, 2.24) is 20.6 Å². The quantitative estimate of drug-likeness (QED) is 0.733. The monoisotopic (exact) mass is 398 g/mol. The maximum absolute atomic E-state index is 4.79. The minimum atomic E-state index is 0.0354. The van der Waals surface area contributed by atoms with Gasteiger partial charge in [0.1, 0.15) is 0 Å². The fourth-order valence-electron chi connectivity index (χ4n) is 4.18. The molecule has 2 saturated heterocycles. The largest absolute Gasteiger partial charge is 0.384 e. The summed E-state index contributed by atoms with van der Waals surface area (Å²) in [5.41, 5.74) is 2.08. The van der Waals surface area contributed by atoms with Gasteiger partial charge in [0.2, 0.25) is 5.95 Å². The third kappa shape index (κ3) is 4.47. The minimum absolute atomic E-state index is 0.0354. The van der Waals surface area contributed by atoms with Crippen molar-refractivity contribution in [3.05, 3.63) is 36.7 Å². The van der Waals surface area contributed by atoms with E-state index in [1.54, 1.807) is 11.3 Å². The number of thiophene rings is 1. The van der Waals surface area contributed by atoms with Gasteiger partial charge in [0.25, 0.3) is 0 Å². The van der Waals surface area contributed by atoms with Gasteiger partial charge in [-0.05, 0) is 45.4 Å². The summed E-state index contributed by atoms with van der Waals surface area (Å²) in [6.45, 7) is 13.9. The molecular formula is C21H30N6S. The molecule has 28 heavy (non-hydrogen) atoms. The van der Waals surface area contributed by atoms with Crippen molar-refractivity contribution >= 4 is 22.3 Å². The molecule has 0 spiro atoms. The van der Waals surface area contributed by atoms with Crippen LogP contribution in [-0.2, 0) is 0 Å². The summed E-state index contributed by atoms with van der Waals surface area (Å²) in [4.78, 5) is 12.9. The number of aromatic nitrogens is 2. The molecule has 2 aliphatic heterocycles. The van der Waals surface area contributed by atoms with E-state index in [0.29, 0.717) is 18.0 Å². The van der Waals surface area contributed by atoms with E-state index in [1.165, 1.54) is 9.88 Å². The summed E-state index contributed by atoms with van der Waals surface area (Å²) < 4.78 is 0. The Kier molecular flexibility index (Phi) is 5.29. The molecule has 4 heterocycles. The number of piperidine rings is 1. The van der Waals surface area contributed by atoms with Gasteiger partial charge < -0.3 is 20.9 Å². The zero-order valence-electron chi connectivity index (χ0n) is 17.0. The van der Waals surface area contributed by atoms with Crippen molar-refractivity contribution < 1.29 is 0 Å². The Balaban J connectivity index is 1.47. The second-order valence-electron chi connectivity index (χ2n) is 8.57. The smallest absolute Gasteiger partial charge is 0.223 e. The van der Waals surface area contributed by atoms with Crippen LogP contribution in [0.3, 0.4) is 0 Å². The van der Waals surface area contributed by atoms with Crippen molar-refractivity contribution in [2.24, 2.45) is 0 Å². The van der Waals surface area contributed by atoms with Crippen molar-refractivity contribution in [3.8, 4) is 10.6 Å². The van der Waals surface area contributed by atoms with E-state index in [0.717, 1.165) is 43.9 Å². The topological polar surface area (TPSA) is 65.1 Å². The third-order valence-electron chi connectivity index (χ3n) is 5.28. The van der Waals surface area contributed by atoms with Gasteiger partial charge in [0, 0.05) is 55.6 Å². The molecule has 0 bridgehead atoms. The van der Waals surface area contributed by atoms with E-state index in [9.17, 15) is 0 Å². The fraction of sp³-hybridized carbons (Fsp3) is 0.524. The first kappa shape index (κ1) is 19.2.